The molecule has 1 N–H and O–H groups in total. The monoisotopic (exact) mass is 321 g/mol. The van der Waals surface area contributed by atoms with Crippen molar-refractivity contribution in [2.24, 2.45) is 5.10 Å². The lowest BCUT2D eigenvalue weighted by molar-refractivity contribution is 0.0956. The minimum absolute atomic E-state index is 0.249. The van der Waals surface area contributed by atoms with Gasteiger partial charge in [0.2, 0.25) is 0 Å². The van der Waals surface area contributed by atoms with E-state index in [-0.39, 0.29) is 5.91 Å². The highest BCUT2D eigenvalue weighted by molar-refractivity contribution is 6.07. The number of carbonyl (C=O) groups excluding carboxylic acids is 1. The van der Waals surface area contributed by atoms with Gasteiger partial charge in [-0.2, -0.15) is 5.10 Å². The van der Waals surface area contributed by atoms with Gasteiger partial charge >= 0.3 is 0 Å². The third kappa shape index (κ3) is 3.20. The highest BCUT2D eigenvalue weighted by Gasteiger charge is 2.14. The summed E-state index contributed by atoms with van der Waals surface area (Å²) in [7, 11) is 0. The molecule has 5 heteroatoms. The molecule has 0 aliphatic carbocycles. The number of pyridine rings is 1. The van der Waals surface area contributed by atoms with Gasteiger partial charge in [-0.3, -0.25) is 4.79 Å². The molecule has 3 aromatic rings. The zero-order valence-corrected chi connectivity index (χ0v) is 13.7. The molecule has 1 aromatic carbocycles. The zero-order chi connectivity index (χ0) is 16.9. The van der Waals surface area contributed by atoms with Gasteiger partial charge in [0.05, 0.1) is 17.3 Å². The molecule has 2 heterocycles. The van der Waals surface area contributed by atoms with Crippen molar-refractivity contribution in [3.05, 3.63) is 54.3 Å². The highest BCUT2D eigenvalue weighted by Crippen LogP contribution is 2.25. The van der Waals surface area contributed by atoms with E-state index < -0.39 is 0 Å². The summed E-state index contributed by atoms with van der Waals surface area (Å²) >= 11 is 0. The van der Waals surface area contributed by atoms with Crippen LogP contribution in [0.2, 0.25) is 0 Å². The van der Waals surface area contributed by atoms with Crippen LogP contribution >= 0.6 is 0 Å². The van der Waals surface area contributed by atoms with Crippen molar-refractivity contribution in [1.29, 1.82) is 0 Å². The standard InChI is InChI=1S/C19H19N3O2/c1-3-13(4-2)21-22-19(23)15-12-17(18-10-7-11-24-18)20-16-9-6-5-8-14(15)16/h5-12H,3-4H2,1-2H3,(H,22,23). The van der Waals surface area contributed by atoms with Gasteiger partial charge in [-0.25, -0.2) is 10.4 Å². The molecule has 0 aliphatic rings. The van der Waals surface area contributed by atoms with Crippen LogP contribution in [0.25, 0.3) is 22.4 Å². The number of amides is 1. The molecule has 5 nitrogen and oxygen atoms in total. The number of aromatic nitrogens is 1. The van der Waals surface area contributed by atoms with E-state index in [0.717, 1.165) is 29.5 Å². The SMILES string of the molecule is CCC(CC)=NNC(=O)c1cc(-c2ccco2)nc2ccccc12. The van der Waals surface area contributed by atoms with E-state index >= 15 is 0 Å². The minimum Gasteiger partial charge on any atom is -0.463 e. The lowest BCUT2D eigenvalue weighted by atomic mass is 10.1. The second-order valence-corrected chi connectivity index (χ2v) is 5.38. The number of fused-ring (bicyclic) bond motifs is 1. The Morgan fingerprint density at radius 2 is 1.96 bits per heavy atom. The normalized spacial score (nSPS) is 10.6. The highest BCUT2D eigenvalue weighted by atomic mass is 16.3. The summed E-state index contributed by atoms with van der Waals surface area (Å²) in [4.78, 5) is 17.2. The number of hydrogen-bond donors (Lipinski definition) is 1. The van der Waals surface area contributed by atoms with Crippen LogP contribution in [0.5, 0.6) is 0 Å². The molecule has 0 aliphatic heterocycles. The summed E-state index contributed by atoms with van der Waals surface area (Å²) in [5.41, 5.74) is 5.50. The van der Waals surface area contributed by atoms with E-state index in [4.69, 9.17) is 4.42 Å². The Labute approximate surface area is 140 Å². The van der Waals surface area contributed by atoms with Crippen molar-refractivity contribution in [1.82, 2.24) is 10.4 Å². The largest absolute Gasteiger partial charge is 0.463 e. The van der Waals surface area contributed by atoms with E-state index in [0.29, 0.717) is 17.0 Å². The quantitative estimate of drug-likeness (QED) is 0.559. The molecule has 122 valence electrons. The predicted octanol–water partition coefficient (Wildman–Crippen LogP) is 4.40. The molecule has 0 saturated carbocycles. The van der Waals surface area contributed by atoms with Gasteiger partial charge in [0.1, 0.15) is 5.69 Å². The first-order valence-corrected chi connectivity index (χ1v) is 8.02. The van der Waals surface area contributed by atoms with Gasteiger partial charge in [-0.1, -0.05) is 32.0 Å². The molecule has 0 fully saturated rings. The van der Waals surface area contributed by atoms with E-state index in [2.05, 4.69) is 15.5 Å². The molecule has 0 unspecified atom stereocenters. The van der Waals surface area contributed by atoms with E-state index in [1.54, 1.807) is 18.4 Å². The number of rotatable bonds is 5. The summed E-state index contributed by atoms with van der Waals surface area (Å²) in [6.07, 6.45) is 3.21. The molecular weight excluding hydrogens is 302 g/mol. The van der Waals surface area contributed by atoms with E-state index in [1.807, 2.05) is 44.2 Å². The minimum atomic E-state index is -0.249. The number of nitrogens with one attached hydrogen (secondary N) is 1. The molecule has 0 spiro atoms. The number of carbonyl (C=O) groups is 1. The van der Waals surface area contributed by atoms with Crippen LogP contribution in [0.15, 0.2) is 58.2 Å². The second kappa shape index (κ2) is 7.08. The first-order valence-electron chi connectivity index (χ1n) is 8.02. The molecular formula is C19H19N3O2. The van der Waals surface area contributed by atoms with Gasteiger partial charge in [-0.05, 0) is 37.1 Å². The molecule has 2 aromatic heterocycles. The van der Waals surface area contributed by atoms with Crippen molar-refractivity contribution in [2.75, 3.05) is 0 Å². The number of benzene rings is 1. The van der Waals surface area contributed by atoms with Crippen molar-refractivity contribution in [2.45, 2.75) is 26.7 Å². The Kier molecular flexibility index (Phi) is 4.70. The predicted molar refractivity (Wildman–Crippen MR) is 94.9 cm³/mol. The maximum absolute atomic E-state index is 12.6. The lowest BCUT2D eigenvalue weighted by Gasteiger charge is -2.08. The molecule has 0 atom stereocenters. The van der Waals surface area contributed by atoms with Crippen molar-refractivity contribution < 1.29 is 9.21 Å². The summed E-state index contributed by atoms with van der Waals surface area (Å²) in [6.45, 7) is 4.04. The number of hydrogen-bond acceptors (Lipinski definition) is 4. The smallest absolute Gasteiger partial charge is 0.272 e. The molecule has 0 bridgehead atoms. The molecule has 24 heavy (non-hydrogen) atoms. The number of hydrazone groups is 1. The van der Waals surface area contributed by atoms with Crippen LogP contribution < -0.4 is 5.43 Å². The maximum atomic E-state index is 12.6. The van der Waals surface area contributed by atoms with Gasteiger partial charge in [-0.15, -0.1) is 0 Å². The maximum Gasteiger partial charge on any atom is 0.272 e. The summed E-state index contributed by atoms with van der Waals surface area (Å²) in [5.74, 6) is 0.377. The molecule has 1 amide bonds. The number of nitrogens with zero attached hydrogens (tertiary/aromatic N) is 2. The first kappa shape index (κ1) is 15.9. The Balaban J connectivity index is 2.05. The number of para-hydroxylation sites is 1. The zero-order valence-electron chi connectivity index (χ0n) is 13.7. The fraction of sp³-hybridized carbons (Fsp3) is 0.211. The Hall–Kier alpha value is -2.95. The molecule has 0 radical (unpaired) electrons. The van der Waals surface area contributed by atoms with Crippen LogP contribution in [0.1, 0.15) is 37.0 Å². The fourth-order valence-electron chi connectivity index (χ4n) is 2.51. The van der Waals surface area contributed by atoms with Crippen LogP contribution in [-0.4, -0.2) is 16.6 Å². The average molecular weight is 321 g/mol. The van der Waals surface area contributed by atoms with Gasteiger partial charge in [0, 0.05) is 11.1 Å². The van der Waals surface area contributed by atoms with Gasteiger partial charge in [0.15, 0.2) is 5.76 Å². The van der Waals surface area contributed by atoms with E-state index in [1.165, 1.54) is 0 Å². The van der Waals surface area contributed by atoms with Gasteiger partial charge < -0.3 is 4.42 Å². The first-order chi connectivity index (χ1) is 11.7. The Morgan fingerprint density at radius 3 is 2.67 bits per heavy atom. The summed E-state index contributed by atoms with van der Waals surface area (Å²) in [6, 6.07) is 12.9. The summed E-state index contributed by atoms with van der Waals surface area (Å²) in [5, 5.41) is 5.00. The van der Waals surface area contributed by atoms with Crippen molar-refractivity contribution >= 4 is 22.5 Å². The third-order valence-electron chi connectivity index (χ3n) is 3.87. The van der Waals surface area contributed by atoms with Gasteiger partial charge in [0.25, 0.3) is 5.91 Å². The number of furan rings is 1. The van der Waals surface area contributed by atoms with Crippen LogP contribution in [0, 0.1) is 0 Å². The fourth-order valence-corrected chi connectivity index (χ4v) is 2.51. The molecule has 3 rings (SSSR count). The third-order valence-corrected chi connectivity index (χ3v) is 3.87. The van der Waals surface area contributed by atoms with Crippen LogP contribution in [0.3, 0.4) is 0 Å². The van der Waals surface area contributed by atoms with Crippen LogP contribution in [-0.2, 0) is 0 Å². The van der Waals surface area contributed by atoms with Crippen LogP contribution in [0.4, 0.5) is 0 Å². The molecule has 0 saturated heterocycles. The lowest BCUT2D eigenvalue weighted by Crippen LogP contribution is -2.20. The second-order valence-electron chi connectivity index (χ2n) is 5.38. The summed E-state index contributed by atoms with van der Waals surface area (Å²) < 4.78 is 5.41. The Bertz CT molecular complexity index is 877. The Morgan fingerprint density at radius 1 is 1.17 bits per heavy atom. The van der Waals surface area contributed by atoms with Crippen molar-refractivity contribution in [3.63, 3.8) is 0 Å². The average Bonchev–Trinajstić information content (AvgIpc) is 3.16. The topological polar surface area (TPSA) is 67.5 Å². The van der Waals surface area contributed by atoms with Crippen molar-refractivity contribution in [3.8, 4) is 11.5 Å². The van der Waals surface area contributed by atoms with E-state index in [9.17, 15) is 4.79 Å².